The van der Waals surface area contributed by atoms with E-state index >= 15 is 0 Å². The Kier molecular flexibility index (Phi) is 9.28. The minimum Gasteiger partial charge on any atom is -0.359 e. The number of likely N-dealkylation sites (tertiary alicyclic amines) is 1. The first kappa shape index (κ1) is 21.9. The zero-order valence-corrected chi connectivity index (χ0v) is 18.1. The maximum atomic E-state index is 11.6. The van der Waals surface area contributed by atoms with Crippen molar-refractivity contribution in [1.29, 1.82) is 0 Å². The molecule has 1 atom stereocenters. The van der Waals surface area contributed by atoms with Crippen molar-refractivity contribution < 1.29 is 4.79 Å². The van der Waals surface area contributed by atoms with Gasteiger partial charge in [0.15, 0.2) is 5.96 Å². The first-order chi connectivity index (χ1) is 13.1. The van der Waals surface area contributed by atoms with Crippen LogP contribution in [-0.2, 0) is 4.79 Å². The number of hydrogen-bond donors (Lipinski definition) is 2. The zero-order chi connectivity index (χ0) is 19.6. The van der Waals surface area contributed by atoms with E-state index in [4.69, 9.17) is 16.6 Å². The fourth-order valence-corrected chi connectivity index (χ4v) is 4.17. The van der Waals surface area contributed by atoms with Gasteiger partial charge in [-0.25, -0.2) is 0 Å². The summed E-state index contributed by atoms with van der Waals surface area (Å²) in [6, 6.07) is 8.03. The normalized spacial score (nSPS) is 16.9. The molecule has 7 heteroatoms. The van der Waals surface area contributed by atoms with Crippen LogP contribution in [0.3, 0.4) is 0 Å². The van der Waals surface area contributed by atoms with E-state index in [1.807, 2.05) is 18.2 Å². The van der Waals surface area contributed by atoms with E-state index in [9.17, 15) is 4.79 Å². The molecule has 2 N–H and O–H groups in total. The van der Waals surface area contributed by atoms with Crippen LogP contribution in [-0.4, -0.2) is 56.2 Å². The molecule has 0 spiro atoms. The van der Waals surface area contributed by atoms with Crippen molar-refractivity contribution in [2.75, 3.05) is 39.5 Å². The van der Waals surface area contributed by atoms with Gasteiger partial charge in [-0.2, -0.15) is 11.8 Å². The molecular weight excluding hydrogens is 380 g/mol. The first-order valence-corrected chi connectivity index (χ1v) is 11.3. The molecular formula is C20H31ClN4OS. The fraction of sp³-hybridized carbons (Fsp3) is 0.600. The summed E-state index contributed by atoms with van der Waals surface area (Å²) in [7, 11) is 1.70. The molecule has 1 heterocycles. The minimum absolute atomic E-state index is 0.137. The quantitative estimate of drug-likeness (QED) is 0.533. The summed E-state index contributed by atoms with van der Waals surface area (Å²) in [5.41, 5.74) is 1.21. The Balaban J connectivity index is 1.98. The van der Waals surface area contributed by atoms with E-state index in [0.29, 0.717) is 18.9 Å². The van der Waals surface area contributed by atoms with Crippen LogP contribution in [0.1, 0.15) is 37.0 Å². The van der Waals surface area contributed by atoms with Crippen LogP contribution in [0.25, 0.3) is 0 Å². The largest absolute Gasteiger partial charge is 0.359 e. The predicted octanol–water partition coefficient (Wildman–Crippen LogP) is 3.56. The summed E-state index contributed by atoms with van der Waals surface area (Å²) in [6.45, 7) is 5.53. The Morgan fingerprint density at radius 2 is 2.15 bits per heavy atom. The number of rotatable bonds is 7. The number of guanidine groups is 1. The molecule has 1 unspecified atom stereocenters. The van der Waals surface area contributed by atoms with Gasteiger partial charge in [-0.05, 0) is 49.6 Å². The van der Waals surface area contributed by atoms with Crippen molar-refractivity contribution in [2.45, 2.75) is 31.4 Å². The molecule has 5 nitrogen and oxygen atoms in total. The van der Waals surface area contributed by atoms with E-state index in [1.54, 1.807) is 18.8 Å². The Bertz CT molecular complexity index is 632. The standard InChI is InChI=1S/C20H31ClN4OS/c1-4-23-20(25-10-8-15(9-11-25)12-19(26)22-2)24-14-18(27-3)16-6-5-7-17(21)13-16/h5-7,13,15,18H,4,8-12,14H2,1-3H3,(H,22,26)(H,23,24). The van der Waals surface area contributed by atoms with Crippen molar-refractivity contribution in [1.82, 2.24) is 15.5 Å². The third-order valence-corrected chi connectivity index (χ3v) is 6.14. The van der Waals surface area contributed by atoms with E-state index in [-0.39, 0.29) is 11.2 Å². The molecule has 1 amide bonds. The van der Waals surface area contributed by atoms with Crippen LogP contribution >= 0.6 is 23.4 Å². The SMILES string of the molecule is CCNC(=NCC(SC)c1cccc(Cl)c1)N1CCC(CC(=O)NC)CC1. The van der Waals surface area contributed by atoms with Crippen molar-refractivity contribution in [3.63, 3.8) is 0 Å². The topological polar surface area (TPSA) is 56.7 Å². The van der Waals surface area contributed by atoms with Crippen LogP contribution in [0.4, 0.5) is 0 Å². The van der Waals surface area contributed by atoms with E-state index in [2.05, 4.69) is 34.8 Å². The summed E-state index contributed by atoms with van der Waals surface area (Å²) in [5.74, 6) is 1.57. The van der Waals surface area contributed by atoms with Crippen LogP contribution < -0.4 is 10.6 Å². The van der Waals surface area contributed by atoms with Crippen LogP contribution in [0, 0.1) is 5.92 Å². The summed E-state index contributed by atoms with van der Waals surface area (Å²) in [4.78, 5) is 18.8. The average Bonchev–Trinajstić information content (AvgIpc) is 2.68. The van der Waals surface area contributed by atoms with Gasteiger partial charge >= 0.3 is 0 Å². The average molecular weight is 411 g/mol. The highest BCUT2D eigenvalue weighted by Gasteiger charge is 2.23. The Labute approximate surface area is 172 Å². The van der Waals surface area contributed by atoms with Gasteiger partial charge in [-0.1, -0.05) is 23.7 Å². The Hall–Kier alpha value is -1.40. The zero-order valence-electron chi connectivity index (χ0n) is 16.5. The lowest BCUT2D eigenvalue weighted by molar-refractivity contribution is -0.121. The maximum absolute atomic E-state index is 11.6. The van der Waals surface area contributed by atoms with Gasteiger partial charge in [0, 0.05) is 43.4 Å². The summed E-state index contributed by atoms with van der Waals surface area (Å²) >= 11 is 7.94. The Morgan fingerprint density at radius 1 is 1.41 bits per heavy atom. The molecule has 0 aliphatic carbocycles. The monoisotopic (exact) mass is 410 g/mol. The summed E-state index contributed by atoms with van der Waals surface area (Å²) < 4.78 is 0. The van der Waals surface area contributed by atoms with Gasteiger partial charge in [0.2, 0.25) is 5.91 Å². The number of thioether (sulfide) groups is 1. The van der Waals surface area contributed by atoms with Gasteiger partial charge in [0.1, 0.15) is 0 Å². The number of aliphatic imine (C=N–C) groups is 1. The molecule has 0 bridgehead atoms. The van der Waals surface area contributed by atoms with Crippen molar-refractivity contribution >= 4 is 35.2 Å². The van der Waals surface area contributed by atoms with Gasteiger partial charge in [0.05, 0.1) is 6.54 Å². The van der Waals surface area contributed by atoms with Gasteiger partial charge in [0.25, 0.3) is 0 Å². The number of hydrogen-bond acceptors (Lipinski definition) is 3. The van der Waals surface area contributed by atoms with Gasteiger partial charge in [-0.3, -0.25) is 9.79 Å². The maximum Gasteiger partial charge on any atom is 0.220 e. The third kappa shape index (κ3) is 6.92. The number of nitrogens with zero attached hydrogens (tertiary/aromatic N) is 2. The lowest BCUT2D eigenvalue weighted by Crippen LogP contribution is -2.46. The first-order valence-electron chi connectivity index (χ1n) is 9.59. The van der Waals surface area contributed by atoms with E-state index < -0.39 is 0 Å². The highest BCUT2D eigenvalue weighted by Crippen LogP contribution is 2.29. The number of nitrogens with one attached hydrogen (secondary N) is 2. The van der Waals surface area contributed by atoms with Crippen LogP contribution in [0.15, 0.2) is 29.3 Å². The van der Waals surface area contributed by atoms with E-state index in [1.165, 1.54) is 5.56 Å². The predicted molar refractivity (Wildman–Crippen MR) is 117 cm³/mol. The number of carbonyl (C=O) groups is 1. The molecule has 0 saturated carbocycles. The Morgan fingerprint density at radius 3 is 2.74 bits per heavy atom. The second-order valence-corrected chi connectivity index (χ2v) is 8.26. The number of benzene rings is 1. The highest BCUT2D eigenvalue weighted by molar-refractivity contribution is 7.98. The summed E-state index contributed by atoms with van der Waals surface area (Å²) in [5, 5.41) is 7.19. The summed E-state index contributed by atoms with van der Waals surface area (Å²) in [6.07, 6.45) is 4.79. The van der Waals surface area contributed by atoms with Gasteiger partial charge in [-0.15, -0.1) is 0 Å². The molecule has 0 aromatic heterocycles. The second-order valence-electron chi connectivity index (χ2n) is 6.78. The molecule has 2 rings (SSSR count). The van der Waals surface area contributed by atoms with E-state index in [0.717, 1.165) is 43.5 Å². The van der Waals surface area contributed by atoms with Crippen LogP contribution in [0.2, 0.25) is 5.02 Å². The molecule has 1 aromatic carbocycles. The molecule has 150 valence electrons. The highest BCUT2D eigenvalue weighted by atomic mass is 35.5. The van der Waals surface area contributed by atoms with Crippen LogP contribution in [0.5, 0.6) is 0 Å². The molecule has 1 aromatic rings. The van der Waals surface area contributed by atoms with Crippen molar-refractivity contribution in [3.8, 4) is 0 Å². The lowest BCUT2D eigenvalue weighted by Gasteiger charge is -2.34. The van der Waals surface area contributed by atoms with Crippen molar-refractivity contribution in [2.24, 2.45) is 10.9 Å². The van der Waals surface area contributed by atoms with Gasteiger partial charge < -0.3 is 15.5 Å². The number of carbonyl (C=O) groups excluding carboxylic acids is 1. The number of halogens is 1. The third-order valence-electron chi connectivity index (χ3n) is 4.91. The number of amides is 1. The fourth-order valence-electron chi connectivity index (χ4n) is 3.33. The van der Waals surface area contributed by atoms with Crippen molar-refractivity contribution in [3.05, 3.63) is 34.9 Å². The second kappa shape index (κ2) is 11.4. The molecule has 27 heavy (non-hydrogen) atoms. The molecule has 0 radical (unpaired) electrons. The molecule has 1 aliphatic heterocycles. The molecule has 1 saturated heterocycles. The smallest absolute Gasteiger partial charge is 0.220 e. The lowest BCUT2D eigenvalue weighted by atomic mass is 9.93. The molecule has 1 fully saturated rings. The minimum atomic E-state index is 0.137. The molecule has 1 aliphatic rings. The number of piperidine rings is 1.